The summed E-state index contributed by atoms with van der Waals surface area (Å²) in [6, 6.07) is 3.95. The van der Waals surface area contributed by atoms with Gasteiger partial charge in [-0.15, -0.1) is 0 Å². The first-order valence-corrected chi connectivity index (χ1v) is 4.52. The Morgan fingerprint density at radius 3 is 2.27 bits per heavy atom. The van der Waals surface area contributed by atoms with E-state index in [2.05, 4.69) is 13.8 Å². The molecular weight excluding hydrogens is 155 g/mol. The summed E-state index contributed by atoms with van der Waals surface area (Å²) in [5, 5.41) is 0.952. The molecule has 0 aliphatic rings. The molecule has 0 aliphatic carbocycles. The SMILES string of the molecule is Cc1ccc([PH+]=O)c(C)c1C. The lowest BCUT2D eigenvalue weighted by Gasteiger charge is -2.01. The fourth-order valence-corrected chi connectivity index (χ4v) is 1.56. The van der Waals surface area contributed by atoms with Gasteiger partial charge >= 0.3 is 8.46 Å². The third kappa shape index (κ3) is 1.49. The predicted molar refractivity (Wildman–Crippen MR) is 49.3 cm³/mol. The average molecular weight is 167 g/mol. The second-order valence-electron chi connectivity index (χ2n) is 2.78. The van der Waals surface area contributed by atoms with Crippen molar-refractivity contribution in [2.45, 2.75) is 20.8 Å². The van der Waals surface area contributed by atoms with Crippen molar-refractivity contribution >= 4 is 13.8 Å². The van der Waals surface area contributed by atoms with Crippen molar-refractivity contribution in [1.29, 1.82) is 0 Å². The molecule has 0 aliphatic heterocycles. The molecule has 58 valence electrons. The van der Waals surface area contributed by atoms with Gasteiger partial charge in [0.1, 0.15) is 0 Å². The first kappa shape index (κ1) is 8.42. The van der Waals surface area contributed by atoms with Crippen LogP contribution in [0.1, 0.15) is 16.7 Å². The van der Waals surface area contributed by atoms with Crippen LogP contribution in [0.25, 0.3) is 0 Å². The minimum absolute atomic E-state index is 0.328. The molecule has 0 aromatic heterocycles. The van der Waals surface area contributed by atoms with Gasteiger partial charge in [0, 0.05) is 5.56 Å². The molecule has 1 aromatic carbocycles. The summed E-state index contributed by atoms with van der Waals surface area (Å²) in [7, 11) is -0.328. The summed E-state index contributed by atoms with van der Waals surface area (Å²) in [4.78, 5) is 0. The van der Waals surface area contributed by atoms with Crippen LogP contribution in [0, 0.1) is 20.8 Å². The zero-order chi connectivity index (χ0) is 8.43. The van der Waals surface area contributed by atoms with Crippen LogP contribution in [0.2, 0.25) is 0 Å². The topological polar surface area (TPSA) is 17.1 Å². The largest absolute Gasteiger partial charge is 0.363 e. The number of hydrogen-bond donors (Lipinski definition) is 0. The molecule has 0 heterocycles. The minimum atomic E-state index is -0.328. The maximum Gasteiger partial charge on any atom is 0.363 e. The van der Waals surface area contributed by atoms with Crippen molar-refractivity contribution < 1.29 is 4.57 Å². The molecular formula is C9H12OP+. The van der Waals surface area contributed by atoms with E-state index in [0.29, 0.717) is 0 Å². The van der Waals surface area contributed by atoms with Gasteiger partial charge in [-0.1, -0.05) is 10.6 Å². The highest BCUT2D eigenvalue weighted by atomic mass is 31.1. The van der Waals surface area contributed by atoms with E-state index in [1.807, 2.05) is 19.1 Å². The molecule has 1 atom stereocenters. The second-order valence-corrected chi connectivity index (χ2v) is 3.52. The maximum atomic E-state index is 10.6. The molecule has 0 amide bonds. The highest BCUT2D eigenvalue weighted by molar-refractivity contribution is 7.34. The fourth-order valence-electron chi connectivity index (χ4n) is 1.07. The van der Waals surface area contributed by atoms with Gasteiger partial charge < -0.3 is 0 Å². The van der Waals surface area contributed by atoms with E-state index in [9.17, 15) is 4.57 Å². The van der Waals surface area contributed by atoms with Crippen LogP contribution >= 0.6 is 8.46 Å². The standard InChI is InChI=1S/C9H11OP/c1-6-4-5-9(11-10)8(3)7(6)2/h4-5H,1-3H3/p+1. The Morgan fingerprint density at radius 1 is 1.09 bits per heavy atom. The number of hydrogen-bond acceptors (Lipinski definition) is 1. The van der Waals surface area contributed by atoms with Crippen LogP contribution in [0.4, 0.5) is 0 Å². The van der Waals surface area contributed by atoms with Crippen molar-refractivity contribution in [2.24, 2.45) is 0 Å². The van der Waals surface area contributed by atoms with Crippen LogP contribution in [0.15, 0.2) is 12.1 Å². The number of aryl methyl sites for hydroxylation is 1. The van der Waals surface area contributed by atoms with Crippen molar-refractivity contribution in [3.63, 3.8) is 0 Å². The van der Waals surface area contributed by atoms with Gasteiger partial charge in [0.2, 0.25) is 0 Å². The molecule has 0 spiro atoms. The Hall–Kier alpha value is -0.680. The normalized spacial score (nSPS) is 10.5. The highest BCUT2D eigenvalue weighted by Crippen LogP contribution is 2.12. The molecule has 1 unspecified atom stereocenters. The smallest absolute Gasteiger partial charge is 0.0707 e. The highest BCUT2D eigenvalue weighted by Gasteiger charge is 2.07. The summed E-state index contributed by atoms with van der Waals surface area (Å²) in [6.07, 6.45) is 0. The van der Waals surface area contributed by atoms with Crippen LogP contribution in [-0.2, 0) is 4.57 Å². The molecule has 0 bridgehead atoms. The quantitative estimate of drug-likeness (QED) is 0.586. The van der Waals surface area contributed by atoms with E-state index in [1.54, 1.807) is 0 Å². The summed E-state index contributed by atoms with van der Waals surface area (Å²) in [6.45, 7) is 6.15. The lowest BCUT2D eigenvalue weighted by molar-refractivity contribution is 0.603. The van der Waals surface area contributed by atoms with Crippen molar-refractivity contribution in [2.75, 3.05) is 0 Å². The second kappa shape index (κ2) is 3.15. The maximum absolute atomic E-state index is 10.6. The molecule has 1 aromatic rings. The molecule has 2 heteroatoms. The number of benzene rings is 1. The van der Waals surface area contributed by atoms with Gasteiger partial charge in [-0.25, -0.2) is 0 Å². The van der Waals surface area contributed by atoms with Gasteiger partial charge in [-0.3, -0.25) is 0 Å². The van der Waals surface area contributed by atoms with Crippen LogP contribution in [-0.4, -0.2) is 0 Å². The summed E-state index contributed by atoms with van der Waals surface area (Å²) >= 11 is 0. The van der Waals surface area contributed by atoms with Gasteiger partial charge in [-0.05, 0) is 38.0 Å². The average Bonchev–Trinajstić information content (AvgIpc) is 2.01. The van der Waals surface area contributed by atoms with Crippen LogP contribution in [0.3, 0.4) is 0 Å². The van der Waals surface area contributed by atoms with Crippen molar-refractivity contribution in [1.82, 2.24) is 0 Å². The van der Waals surface area contributed by atoms with Gasteiger partial charge in [0.25, 0.3) is 0 Å². The van der Waals surface area contributed by atoms with Gasteiger partial charge in [-0.2, -0.15) is 0 Å². The Morgan fingerprint density at radius 2 is 1.73 bits per heavy atom. The van der Waals surface area contributed by atoms with Crippen LogP contribution < -0.4 is 5.30 Å². The van der Waals surface area contributed by atoms with Crippen molar-refractivity contribution in [3.05, 3.63) is 28.8 Å². The molecule has 1 nitrogen and oxygen atoms in total. The Balaban J connectivity index is 3.36. The third-order valence-electron chi connectivity index (χ3n) is 2.17. The minimum Gasteiger partial charge on any atom is -0.0707 e. The lowest BCUT2D eigenvalue weighted by Crippen LogP contribution is -2.01. The molecule has 11 heavy (non-hydrogen) atoms. The molecule has 0 fully saturated rings. The molecule has 0 radical (unpaired) electrons. The van der Waals surface area contributed by atoms with Gasteiger partial charge in [0.15, 0.2) is 5.30 Å². The van der Waals surface area contributed by atoms with E-state index in [1.165, 1.54) is 16.7 Å². The Labute approximate surface area is 68.6 Å². The number of rotatable bonds is 1. The van der Waals surface area contributed by atoms with E-state index >= 15 is 0 Å². The van der Waals surface area contributed by atoms with Crippen LogP contribution in [0.5, 0.6) is 0 Å². The molecule has 0 N–H and O–H groups in total. The van der Waals surface area contributed by atoms with E-state index in [-0.39, 0.29) is 8.46 Å². The first-order chi connectivity index (χ1) is 5.16. The van der Waals surface area contributed by atoms with Crippen molar-refractivity contribution in [3.8, 4) is 0 Å². The summed E-state index contributed by atoms with van der Waals surface area (Å²) in [5.41, 5.74) is 3.69. The third-order valence-corrected chi connectivity index (χ3v) is 2.93. The van der Waals surface area contributed by atoms with E-state index < -0.39 is 0 Å². The van der Waals surface area contributed by atoms with Gasteiger partial charge in [0.05, 0.1) is 0 Å². The zero-order valence-electron chi connectivity index (χ0n) is 7.06. The molecule has 0 saturated heterocycles. The van der Waals surface area contributed by atoms with E-state index in [0.717, 1.165) is 5.30 Å². The summed E-state index contributed by atoms with van der Waals surface area (Å²) < 4.78 is 10.6. The Kier molecular flexibility index (Phi) is 2.41. The monoisotopic (exact) mass is 167 g/mol. The fraction of sp³-hybridized carbons (Fsp3) is 0.333. The first-order valence-electron chi connectivity index (χ1n) is 3.61. The predicted octanol–water partition coefficient (Wildman–Crippen LogP) is 2.26. The lowest BCUT2D eigenvalue weighted by atomic mass is 10.1. The molecule has 1 rings (SSSR count). The summed E-state index contributed by atoms with van der Waals surface area (Å²) in [5.74, 6) is 0. The van der Waals surface area contributed by atoms with E-state index in [4.69, 9.17) is 0 Å². The Bertz CT molecular complexity index is 292. The zero-order valence-corrected chi connectivity index (χ0v) is 8.06. The molecule has 0 saturated carbocycles.